The van der Waals surface area contributed by atoms with Crippen LogP contribution in [0.25, 0.3) is 0 Å². The molecule has 0 unspecified atom stereocenters. The highest BCUT2D eigenvalue weighted by Crippen LogP contribution is 2.23. The van der Waals surface area contributed by atoms with Gasteiger partial charge < -0.3 is 62.4 Å². The Morgan fingerprint density at radius 1 is 0.487 bits per heavy atom. The minimum atomic E-state index is -1.76. The fraction of sp³-hybridized carbons (Fsp3) is 0.792. The van der Waals surface area contributed by atoms with Crippen molar-refractivity contribution in [2.45, 2.75) is 233 Å². The summed E-state index contributed by atoms with van der Waals surface area (Å²) in [7, 11) is 0. The maximum Gasteiger partial charge on any atom is 0.328 e. The van der Waals surface area contributed by atoms with Gasteiger partial charge in [-0.25, -0.2) is 4.79 Å². The molecule has 1 saturated heterocycles. The topological polar surface area (TPSA) is 362 Å². The molecular weight excluding hydrogens is 991 g/mol. The van der Waals surface area contributed by atoms with Crippen molar-refractivity contribution < 1.29 is 77.9 Å². The summed E-state index contributed by atoms with van der Waals surface area (Å²) in [6.07, 6.45) is -0.694. The molecule has 0 aliphatic carbocycles. The van der Waals surface area contributed by atoms with E-state index in [4.69, 9.17) is 9.84 Å². The van der Waals surface area contributed by atoms with Crippen LogP contribution in [0.5, 0.6) is 0 Å². The first-order valence-electron chi connectivity index (χ1n) is 27.1. The molecule has 23 heteroatoms. The number of carbonyl (C=O) groups is 11. The quantitative estimate of drug-likeness (QED) is 0.0462. The lowest BCUT2D eigenvalue weighted by atomic mass is 9.93. The zero-order valence-corrected chi connectivity index (χ0v) is 46.7. The first kappa shape index (κ1) is 68.1. The Balaban J connectivity index is 3.99. The molecule has 0 radical (unpaired) electrons. The molecule has 0 spiro atoms. The number of carbonyl (C=O) groups excluding carboxylic acids is 8. The van der Waals surface area contributed by atoms with Gasteiger partial charge in [0.05, 0.1) is 25.4 Å². The molecule has 76 heavy (non-hydrogen) atoms. The number of carboxylic acid groups (broad SMARTS) is 3. The maximum absolute atomic E-state index is 14.3. The van der Waals surface area contributed by atoms with Gasteiger partial charge in [0.1, 0.15) is 48.4 Å². The van der Waals surface area contributed by atoms with Crippen LogP contribution in [-0.2, 0) is 57.5 Å². The number of esters is 1. The number of aliphatic hydroxyl groups excluding tert-OH is 1. The van der Waals surface area contributed by atoms with E-state index in [0.29, 0.717) is 38.5 Å². The summed E-state index contributed by atoms with van der Waals surface area (Å²) in [5.74, 6) is -13.0. The largest absolute Gasteiger partial charge is 0.481 e. The smallest absolute Gasteiger partial charge is 0.328 e. The van der Waals surface area contributed by atoms with Crippen LogP contribution in [0, 0.1) is 35.5 Å². The first-order valence-corrected chi connectivity index (χ1v) is 27.1. The Morgan fingerprint density at radius 3 is 1.34 bits per heavy atom. The van der Waals surface area contributed by atoms with Crippen molar-refractivity contribution in [3.8, 4) is 0 Å². The van der Waals surface area contributed by atoms with Gasteiger partial charge in [-0.05, 0) is 80.5 Å². The van der Waals surface area contributed by atoms with E-state index in [9.17, 15) is 68.1 Å². The van der Waals surface area contributed by atoms with Crippen molar-refractivity contribution in [3.05, 3.63) is 0 Å². The fourth-order valence-electron chi connectivity index (χ4n) is 8.75. The number of hydrogen-bond acceptors (Lipinski definition) is 13. The van der Waals surface area contributed by atoms with Crippen molar-refractivity contribution in [1.82, 2.24) is 37.2 Å². The van der Waals surface area contributed by atoms with Crippen LogP contribution in [0.1, 0.15) is 179 Å². The lowest BCUT2D eigenvalue weighted by Crippen LogP contribution is -2.61. The van der Waals surface area contributed by atoms with Crippen LogP contribution in [0.15, 0.2) is 0 Å². The molecule has 23 nitrogen and oxygen atoms in total. The number of hydrogen-bond donors (Lipinski definition) is 11. The molecule has 0 bridgehead atoms. The Bertz CT molecular complexity index is 1940. The van der Waals surface area contributed by atoms with E-state index >= 15 is 0 Å². The van der Waals surface area contributed by atoms with Crippen LogP contribution in [0.4, 0.5) is 0 Å². The van der Waals surface area contributed by atoms with Gasteiger partial charge in [-0.1, -0.05) is 108 Å². The number of rotatable bonds is 25. The van der Waals surface area contributed by atoms with Crippen LogP contribution in [0.2, 0.25) is 0 Å². The number of cyclic esters (lactones) is 1. The van der Waals surface area contributed by atoms with Crippen LogP contribution in [0.3, 0.4) is 0 Å². The summed E-state index contributed by atoms with van der Waals surface area (Å²) in [5.41, 5.74) is 0. The molecule has 0 aromatic carbocycles. The van der Waals surface area contributed by atoms with Crippen molar-refractivity contribution in [1.29, 1.82) is 0 Å². The molecule has 1 aliphatic heterocycles. The Labute approximate surface area is 448 Å². The Morgan fingerprint density at radius 2 is 0.895 bits per heavy atom. The van der Waals surface area contributed by atoms with E-state index in [1.807, 2.05) is 0 Å². The highest BCUT2D eigenvalue weighted by atomic mass is 16.5. The monoisotopic (exact) mass is 1080 g/mol. The molecule has 0 aromatic heterocycles. The molecule has 0 aromatic rings. The average Bonchev–Trinajstić information content (AvgIpc) is 3.28. The summed E-state index contributed by atoms with van der Waals surface area (Å²) < 4.78 is 6.10. The van der Waals surface area contributed by atoms with E-state index in [2.05, 4.69) is 37.2 Å². The lowest BCUT2D eigenvalue weighted by molar-refractivity contribution is -0.158. The second kappa shape index (κ2) is 34.7. The summed E-state index contributed by atoms with van der Waals surface area (Å²) in [5, 5.41) is 56.6. The van der Waals surface area contributed by atoms with Gasteiger partial charge in [0, 0.05) is 6.42 Å². The number of nitrogens with one attached hydrogen (secondary N) is 7. The summed E-state index contributed by atoms with van der Waals surface area (Å²) in [6, 6.07) is -9.96. The lowest BCUT2D eigenvalue weighted by Gasteiger charge is -2.30. The molecule has 1 rings (SSSR count). The molecule has 1 heterocycles. The minimum absolute atomic E-state index is 0.000211. The van der Waals surface area contributed by atoms with E-state index in [-0.39, 0.29) is 55.8 Å². The maximum atomic E-state index is 14.3. The molecular formula is C53H91N7O16. The van der Waals surface area contributed by atoms with E-state index in [1.165, 1.54) is 0 Å². The molecule has 1 fully saturated rings. The van der Waals surface area contributed by atoms with Gasteiger partial charge in [0.25, 0.3) is 0 Å². The molecule has 11 N–H and O–H groups in total. The Kier molecular flexibility index (Phi) is 31.1. The standard InChI is InChI=1S/C53H91N7O16/c1-28(2)21-36-48(70)57-38(23-30(5)6)51(73)60-46(32(9)10)52(74)58-39(26-45(67)68)50(72)56-37(22-29(3)4)49(71)59-40(24-31(7)8)53(75)76-41(27-42(62)54-35(47(69)55-36)19-20-43(63)64)33(11)17-15-13-12-14-16-18-34(61)25-44(65)66/h28-41,46,61H,12-27H2,1-11H3,(H,54,62)(H,55,69)(H,56,72)(H,57,70)(H,58,74)(H,59,71)(H,60,73)(H,63,64)(H,65,66)(H,67,68)/t33-,34+,35+,36+,37-,38-,39+,40+,41+,46+/m1/s1. The van der Waals surface area contributed by atoms with Gasteiger partial charge >= 0.3 is 23.9 Å². The third kappa shape index (κ3) is 27.8. The molecule has 10 atom stereocenters. The number of aliphatic carboxylic acids is 3. The van der Waals surface area contributed by atoms with Gasteiger partial charge in [0.15, 0.2) is 0 Å². The molecule has 0 saturated carbocycles. The predicted octanol–water partition coefficient (Wildman–Crippen LogP) is 3.08. The predicted molar refractivity (Wildman–Crippen MR) is 280 cm³/mol. The fourth-order valence-corrected chi connectivity index (χ4v) is 8.75. The van der Waals surface area contributed by atoms with Gasteiger partial charge in [-0.3, -0.25) is 47.9 Å². The van der Waals surface area contributed by atoms with Crippen molar-refractivity contribution in [3.63, 3.8) is 0 Å². The van der Waals surface area contributed by atoms with Crippen LogP contribution >= 0.6 is 0 Å². The number of amides is 7. The molecule has 1 aliphatic rings. The zero-order valence-electron chi connectivity index (χ0n) is 46.7. The van der Waals surface area contributed by atoms with Crippen LogP contribution < -0.4 is 37.2 Å². The minimum Gasteiger partial charge on any atom is -0.481 e. The van der Waals surface area contributed by atoms with Gasteiger partial charge in [-0.15, -0.1) is 0 Å². The van der Waals surface area contributed by atoms with E-state index in [0.717, 1.165) is 6.42 Å². The number of unbranched alkanes of at least 4 members (excludes halogenated alkanes) is 4. The van der Waals surface area contributed by atoms with Gasteiger partial charge in [-0.2, -0.15) is 0 Å². The average molecular weight is 1080 g/mol. The highest BCUT2D eigenvalue weighted by molar-refractivity contribution is 5.98. The first-order chi connectivity index (χ1) is 35.4. The number of aliphatic hydroxyl groups is 1. The third-order valence-electron chi connectivity index (χ3n) is 12.8. The molecule has 434 valence electrons. The Hall–Kier alpha value is -5.87. The van der Waals surface area contributed by atoms with Crippen molar-refractivity contribution in [2.24, 2.45) is 35.5 Å². The summed E-state index contributed by atoms with van der Waals surface area (Å²) in [6.45, 7) is 19.2. The van der Waals surface area contributed by atoms with E-state index < -0.39 is 157 Å². The SMILES string of the molecule is CC(C)C[C@@H]1NC(=O)[C@H](CCC(=O)O)NC(=O)C[C@@H]([C@H](C)CCCCCCC[C@H](O)CC(=O)O)OC(=O)[C@H](CC(C)C)NC(=O)[C@@H](CC(C)C)NC(=O)[C@H](CC(=O)O)NC(=O)[C@H](C(C)C)NC(=O)[C@@H](CC(C)C)NC1=O. The number of carboxylic acids is 3. The summed E-state index contributed by atoms with van der Waals surface area (Å²) >= 11 is 0. The van der Waals surface area contributed by atoms with Crippen molar-refractivity contribution >= 4 is 65.2 Å². The van der Waals surface area contributed by atoms with Crippen molar-refractivity contribution in [2.75, 3.05) is 0 Å². The van der Waals surface area contributed by atoms with Crippen LogP contribution in [-0.4, -0.2) is 140 Å². The molecule has 7 amide bonds. The summed E-state index contributed by atoms with van der Waals surface area (Å²) in [4.78, 5) is 148. The second-order valence-corrected chi connectivity index (χ2v) is 22.5. The zero-order chi connectivity index (χ0) is 58.0. The van der Waals surface area contributed by atoms with Gasteiger partial charge in [0.2, 0.25) is 41.4 Å². The van der Waals surface area contributed by atoms with E-state index in [1.54, 1.807) is 76.2 Å². The third-order valence-corrected chi connectivity index (χ3v) is 12.8. The second-order valence-electron chi connectivity index (χ2n) is 22.5. The number of ether oxygens (including phenoxy) is 1. The highest BCUT2D eigenvalue weighted by Gasteiger charge is 2.38. The normalized spacial score (nSPS) is 24.3.